The largest absolute Gasteiger partial charge is 0.480 e. The van der Waals surface area contributed by atoms with Crippen LogP contribution in [0.1, 0.15) is 12.6 Å². The number of nitrogens with one attached hydrogen (secondary N) is 1. The van der Waals surface area contributed by atoms with Gasteiger partial charge in [-0.2, -0.15) is 5.10 Å². The quantitative estimate of drug-likeness (QED) is 0.594. The van der Waals surface area contributed by atoms with Crippen molar-refractivity contribution < 1.29 is 4.74 Å². The van der Waals surface area contributed by atoms with Crippen molar-refractivity contribution in [1.82, 2.24) is 14.8 Å². The molecule has 2 aromatic heterocycles. The summed E-state index contributed by atoms with van der Waals surface area (Å²) in [5.41, 5.74) is 1.33. The second-order valence-electron chi connectivity index (χ2n) is 3.07. The van der Waals surface area contributed by atoms with Crippen molar-refractivity contribution in [3.8, 4) is 0 Å². The van der Waals surface area contributed by atoms with Gasteiger partial charge in [-0.25, -0.2) is 9.67 Å². The first-order valence-electron chi connectivity index (χ1n) is 4.72. The lowest BCUT2D eigenvalue weighted by atomic mass is 10.2. The molecule has 0 aliphatic rings. The molecule has 2 rings (SSSR count). The fourth-order valence-corrected chi connectivity index (χ4v) is 1.49. The van der Waals surface area contributed by atoms with Crippen molar-refractivity contribution in [2.24, 2.45) is 0 Å². The molecule has 0 saturated carbocycles. The minimum absolute atomic E-state index is 0.0696. The number of hydrogen-bond donors (Lipinski definition) is 1. The molecule has 0 radical (unpaired) electrons. The third-order valence-corrected chi connectivity index (χ3v) is 2.23. The molecule has 0 amide bonds. The molecular weight excluding hydrogens is 192 g/mol. The summed E-state index contributed by atoms with van der Waals surface area (Å²) in [6, 6.07) is 3.72. The van der Waals surface area contributed by atoms with Gasteiger partial charge in [-0.3, -0.25) is 5.41 Å². The van der Waals surface area contributed by atoms with Gasteiger partial charge in [-0.15, -0.1) is 0 Å². The summed E-state index contributed by atoms with van der Waals surface area (Å²) in [7, 11) is 1.47. The lowest BCUT2D eigenvalue weighted by molar-refractivity contribution is 0.399. The Labute approximate surface area is 87.2 Å². The van der Waals surface area contributed by atoms with Gasteiger partial charge in [0.2, 0.25) is 5.90 Å². The van der Waals surface area contributed by atoms with Gasteiger partial charge in [0.15, 0.2) is 11.3 Å². The van der Waals surface area contributed by atoms with Gasteiger partial charge >= 0.3 is 0 Å². The standard InChI is InChI=1S/C10H12N4O/c1-3-14-10-7(5-4-6-12-10)8(13-14)9(11)15-2/h4-6,11H,3H2,1-2H3. The molecule has 0 fully saturated rings. The zero-order valence-corrected chi connectivity index (χ0v) is 8.69. The Balaban J connectivity index is 2.70. The van der Waals surface area contributed by atoms with Crippen molar-refractivity contribution in [3.63, 3.8) is 0 Å². The summed E-state index contributed by atoms with van der Waals surface area (Å²) in [6.07, 6.45) is 1.72. The van der Waals surface area contributed by atoms with E-state index in [0.717, 1.165) is 17.6 Å². The predicted octanol–water partition coefficient (Wildman–Crippen LogP) is 1.42. The van der Waals surface area contributed by atoms with Crippen molar-refractivity contribution >= 4 is 16.9 Å². The van der Waals surface area contributed by atoms with Gasteiger partial charge < -0.3 is 4.74 Å². The summed E-state index contributed by atoms with van der Waals surface area (Å²) < 4.78 is 6.64. The highest BCUT2D eigenvalue weighted by Gasteiger charge is 2.14. The van der Waals surface area contributed by atoms with Crippen molar-refractivity contribution in [1.29, 1.82) is 5.41 Å². The normalized spacial score (nSPS) is 10.5. The summed E-state index contributed by atoms with van der Waals surface area (Å²) in [5.74, 6) is 0.0696. The lowest BCUT2D eigenvalue weighted by Crippen LogP contribution is -2.04. The van der Waals surface area contributed by atoms with E-state index in [9.17, 15) is 0 Å². The minimum atomic E-state index is 0.0696. The Morgan fingerprint density at radius 2 is 2.40 bits per heavy atom. The van der Waals surface area contributed by atoms with E-state index in [0.29, 0.717) is 5.69 Å². The molecule has 0 unspecified atom stereocenters. The van der Waals surface area contributed by atoms with Crippen LogP contribution in [0, 0.1) is 5.41 Å². The maximum atomic E-state index is 7.62. The number of ether oxygens (including phenoxy) is 1. The number of aromatic nitrogens is 3. The monoisotopic (exact) mass is 204 g/mol. The Bertz CT molecular complexity index is 503. The summed E-state index contributed by atoms with van der Waals surface area (Å²) >= 11 is 0. The zero-order chi connectivity index (χ0) is 10.8. The fourth-order valence-electron chi connectivity index (χ4n) is 1.49. The van der Waals surface area contributed by atoms with Crippen LogP contribution in [-0.2, 0) is 11.3 Å². The SMILES string of the molecule is CCn1nc(C(=N)OC)c2cccnc21. The van der Waals surface area contributed by atoms with Crippen molar-refractivity contribution in [2.45, 2.75) is 13.5 Å². The van der Waals surface area contributed by atoms with Crippen LogP contribution in [0.4, 0.5) is 0 Å². The van der Waals surface area contributed by atoms with Gasteiger partial charge in [-0.05, 0) is 19.1 Å². The maximum Gasteiger partial charge on any atom is 0.234 e. The molecule has 2 aromatic rings. The summed E-state index contributed by atoms with van der Waals surface area (Å²) in [4.78, 5) is 4.24. The van der Waals surface area contributed by atoms with Crippen LogP contribution in [0.25, 0.3) is 11.0 Å². The molecule has 5 heteroatoms. The number of methoxy groups -OCH3 is 1. The average molecular weight is 204 g/mol. The van der Waals surface area contributed by atoms with E-state index in [1.165, 1.54) is 7.11 Å². The number of pyridine rings is 1. The third kappa shape index (κ3) is 1.45. The Morgan fingerprint density at radius 3 is 3.07 bits per heavy atom. The second-order valence-corrected chi connectivity index (χ2v) is 3.07. The molecule has 15 heavy (non-hydrogen) atoms. The molecule has 5 nitrogen and oxygen atoms in total. The van der Waals surface area contributed by atoms with E-state index < -0.39 is 0 Å². The molecule has 0 aliphatic carbocycles. The van der Waals surface area contributed by atoms with Gasteiger partial charge in [0.1, 0.15) is 0 Å². The number of fused-ring (bicyclic) bond motifs is 1. The summed E-state index contributed by atoms with van der Waals surface area (Å²) in [5, 5.41) is 12.8. The van der Waals surface area contributed by atoms with Crippen molar-refractivity contribution in [2.75, 3.05) is 7.11 Å². The van der Waals surface area contributed by atoms with Gasteiger partial charge in [0.05, 0.1) is 12.5 Å². The highest BCUT2D eigenvalue weighted by molar-refractivity contribution is 6.02. The van der Waals surface area contributed by atoms with Crippen LogP contribution < -0.4 is 0 Å². The smallest absolute Gasteiger partial charge is 0.234 e. The average Bonchev–Trinajstić information content (AvgIpc) is 2.67. The zero-order valence-electron chi connectivity index (χ0n) is 8.69. The van der Waals surface area contributed by atoms with Gasteiger partial charge in [0, 0.05) is 12.7 Å². The van der Waals surface area contributed by atoms with Gasteiger partial charge in [0.25, 0.3) is 0 Å². The van der Waals surface area contributed by atoms with Crippen LogP contribution in [0.2, 0.25) is 0 Å². The topological polar surface area (TPSA) is 63.8 Å². The molecule has 0 saturated heterocycles. The minimum Gasteiger partial charge on any atom is -0.480 e. The van der Waals surface area contributed by atoms with E-state index in [4.69, 9.17) is 10.1 Å². The number of nitrogens with zero attached hydrogens (tertiary/aromatic N) is 3. The molecule has 78 valence electrons. The molecule has 0 atom stereocenters. The number of hydrogen-bond acceptors (Lipinski definition) is 4. The van der Waals surface area contributed by atoms with E-state index in [2.05, 4.69) is 10.1 Å². The van der Waals surface area contributed by atoms with E-state index >= 15 is 0 Å². The Hall–Kier alpha value is -1.91. The van der Waals surface area contributed by atoms with Crippen LogP contribution in [0.5, 0.6) is 0 Å². The van der Waals surface area contributed by atoms with Crippen LogP contribution in [0.15, 0.2) is 18.3 Å². The molecule has 0 bridgehead atoms. The number of aryl methyl sites for hydroxylation is 1. The van der Waals surface area contributed by atoms with E-state index in [-0.39, 0.29) is 5.90 Å². The van der Waals surface area contributed by atoms with Crippen LogP contribution in [-0.4, -0.2) is 27.8 Å². The predicted molar refractivity (Wildman–Crippen MR) is 57.0 cm³/mol. The lowest BCUT2D eigenvalue weighted by Gasteiger charge is -1.96. The van der Waals surface area contributed by atoms with E-state index in [1.807, 2.05) is 19.1 Å². The second kappa shape index (κ2) is 3.68. The van der Waals surface area contributed by atoms with Crippen LogP contribution >= 0.6 is 0 Å². The highest BCUT2D eigenvalue weighted by Crippen LogP contribution is 2.16. The Kier molecular flexibility index (Phi) is 2.37. The first-order valence-corrected chi connectivity index (χ1v) is 4.72. The molecule has 0 spiro atoms. The third-order valence-electron chi connectivity index (χ3n) is 2.23. The summed E-state index contributed by atoms with van der Waals surface area (Å²) in [6.45, 7) is 2.71. The van der Waals surface area contributed by atoms with Gasteiger partial charge in [-0.1, -0.05) is 0 Å². The maximum absolute atomic E-state index is 7.62. The molecule has 1 N–H and O–H groups in total. The highest BCUT2D eigenvalue weighted by atomic mass is 16.5. The number of rotatable bonds is 2. The molecule has 0 aliphatic heterocycles. The van der Waals surface area contributed by atoms with Crippen LogP contribution in [0.3, 0.4) is 0 Å². The first kappa shape index (κ1) is 9.64. The molecule has 2 heterocycles. The van der Waals surface area contributed by atoms with E-state index in [1.54, 1.807) is 10.9 Å². The first-order chi connectivity index (χ1) is 7.27. The fraction of sp³-hybridized carbons (Fsp3) is 0.300. The Morgan fingerprint density at radius 1 is 1.60 bits per heavy atom. The molecular formula is C10H12N4O. The van der Waals surface area contributed by atoms with Crippen molar-refractivity contribution in [3.05, 3.63) is 24.0 Å². The molecule has 0 aromatic carbocycles.